The van der Waals surface area contributed by atoms with Crippen LogP contribution in [0.5, 0.6) is 0 Å². The van der Waals surface area contributed by atoms with E-state index in [4.69, 9.17) is 4.74 Å². The maximum Gasteiger partial charge on any atom is 0.422 e. The van der Waals surface area contributed by atoms with E-state index in [0.29, 0.717) is 13.0 Å². The molecule has 2 amide bonds. The number of amides is 2. The highest BCUT2D eigenvalue weighted by Crippen LogP contribution is 2.05. The van der Waals surface area contributed by atoms with Gasteiger partial charge in [0.05, 0.1) is 0 Å². The number of hydrogen-bond acceptors (Lipinski definition) is 4. The van der Waals surface area contributed by atoms with Gasteiger partial charge in [-0.05, 0) is 20.8 Å². The lowest BCUT2D eigenvalue weighted by molar-refractivity contribution is -0.128. The monoisotopic (exact) mass is 231 g/mol. The van der Waals surface area contributed by atoms with Gasteiger partial charge in [0.15, 0.2) is 0 Å². The minimum atomic E-state index is -0.551. The zero-order valence-electron chi connectivity index (χ0n) is 10.6. The Labute approximate surface area is 96.3 Å². The molecule has 0 spiro atoms. The van der Waals surface area contributed by atoms with E-state index >= 15 is 0 Å². The third kappa shape index (κ3) is 8.05. The minimum absolute atomic E-state index is 0.00140. The van der Waals surface area contributed by atoms with Crippen molar-refractivity contribution in [1.29, 1.82) is 0 Å². The summed E-state index contributed by atoms with van der Waals surface area (Å²) in [5.74, 6) is -0.00140. The summed E-state index contributed by atoms with van der Waals surface area (Å²) >= 11 is 0. The zero-order chi connectivity index (χ0) is 12.8. The summed E-state index contributed by atoms with van der Waals surface area (Å²) in [4.78, 5) is 23.8. The van der Waals surface area contributed by atoms with Crippen LogP contribution in [0.25, 0.3) is 0 Å². The van der Waals surface area contributed by atoms with Gasteiger partial charge in [-0.15, -0.1) is 0 Å². The van der Waals surface area contributed by atoms with Crippen LogP contribution >= 0.6 is 0 Å². The zero-order valence-corrected chi connectivity index (χ0v) is 10.6. The summed E-state index contributed by atoms with van der Waals surface area (Å²) in [6.07, 6.45) is -0.229. The molecule has 6 heteroatoms. The second kappa shape index (κ2) is 6.32. The van der Waals surface area contributed by atoms with Crippen LogP contribution in [0.1, 0.15) is 27.2 Å². The fraction of sp³-hybridized carbons (Fsp3) is 0.800. The fourth-order valence-electron chi connectivity index (χ4n) is 0.831. The highest BCUT2D eigenvalue weighted by molar-refractivity contribution is 5.75. The molecule has 0 heterocycles. The molecule has 6 nitrogen and oxygen atoms in total. The van der Waals surface area contributed by atoms with Crippen LogP contribution in [-0.4, -0.2) is 43.1 Å². The SMILES string of the molecule is CN(C)C(=O)CCNNC(=O)OC(C)(C)C. The molecule has 0 unspecified atom stereocenters. The van der Waals surface area contributed by atoms with Gasteiger partial charge in [0.1, 0.15) is 5.60 Å². The van der Waals surface area contributed by atoms with Crippen molar-refractivity contribution >= 4 is 12.0 Å². The van der Waals surface area contributed by atoms with Gasteiger partial charge >= 0.3 is 6.09 Å². The third-order valence-electron chi connectivity index (χ3n) is 1.55. The first-order chi connectivity index (χ1) is 7.22. The average molecular weight is 231 g/mol. The topological polar surface area (TPSA) is 70.7 Å². The summed E-state index contributed by atoms with van der Waals surface area (Å²) in [5.41, 5.74) is 4.45. The van der Waals surface area contributed by atoms with Gasteiger partial charge in [0.2, 0.25) is 5.91 Å². The molecule has 0 aliphatic carbocycles. The predicted molar refractivity (Wildman–Crippen MR) is 60.7 cm³/mol. The van der Waals surface area contributed by atoms with Crippen LogP contribution < -0.4 is 10.9 Å². The quantitative estimate of drug-likeness (QED) is 0.546. The summed E-state index contributed by atoms with van der Waals surface area (Å²) in [5, 5.41) is 0. The molecule has 0 bridgehead atoms. The van der Waals surface area contributed by atoms with E-state index in [1.165, 1.54) is 4.90 Å². The van der Waals surface area contributed by atoms with Crippen molar-refractivity contribution in [1.82, 2.24) is 15.8 Å². The normalized spacial score (nSPS) is 10.8. The molecule has 0 aromatic carbocycles. The molecule has 0 saturated heterocycles. The van der Waals surface area contributed by atoms with Crippen molar-refractivity contribution < 1.29 is 14.3 Å². The summed E-state index contributed by atoms with van der Waals surface area (Å²) < 4.78 is 4.98. The Balaban J connectivity index is 3.60. The Morgan fingerprint density at radius 2 is 1.81 bits per heavy atom. The molecule has 0 fully saturated rings. The van der Waals surface area contributed by atoms with Gasteiger partial charge in [0.25, 0.3) is 0 Å². The maximum atomic E-state index is 11.2. The fourth-order valence-corrected chi connectivity index (χ4v) is 0.831. The van der Waals surface area contributed by atoms with E-state index in [2.05, 4.69) is 10.9 Å². The number of carbonyl (C=O) groups is 2. The molecule has 16 heavy (non-hydrogen) atoms. The third-order valence-corrected chi connectivity index (χ3v) is 1.55. The van der Waals surface area contributed by atoms with Gasteiger partial charge in [-0.1, -0.05) is 0 Å². The van der Waals surface area contributed by atoms with E-state index in [9.17, 15) is 9.59 Å². The summed E-state index contributed by atoms with van der Waals surface area (Å²) in [6, 6.07) is 0. The van der Waals surface area contributed by atoms with E-state index in [1.807, 2.05) is 0 Å². The molecule has 0 aromatic rings. The van der Waals surface area contributed by atoms with E-state index in [-0.39, 0.29) is 5.91 Å². The smallest absolute Gasteiger partial charge is 0.422 e. The van der Waals surface area contributed by atoms with Crippen molar-refractivity contribution in [2.45, 2.75) is 32.8 Å². The first kappa shape index (κ1) is 14.7. The second-order valence-electron chi connectivity index (χ2n) is 4.59. The van der Waals surface area contributed by atoms with E-state index < -0.39 is 11.7 Å². The largest absolute Gasteiger partial charge is 0.443 e. The number of nitrogens with zero attached hydrogens (tertiary/aromatic N) is 1. The Kier molecular flexibility index (Phi) is 5.81. The van der Waals surface area contributed by atoms with Crippen LogP contribution in [-0.2, 0) is 9.53 Å². The lowest BCUT2D eigenvalue weighted by Gasteiger charge is -2.19. The number of hydrogen-bond donors (Lipinski definition) is 2. The molecule has 0 atom stereocenters. The van der Waals surface area contributed by atoms with Gasteiger partial charge in [-0.2, -0.15) is 0 Å². The first-order valence-electron chi connectivity index (χ1n) is 5.14. The van der Waals surface area contributed by atoms with Crippen LogP contribution in [0.4, 0.5) is 4.79 Å². The predicted octanol–water partition coefficient (Wildman–Crippen LogP) is 0.494. The lowest BCUT2D eigenvalue weighted by atomic mass is 10.2. The van der Waals surface area contributed by atoms with Crippen LogP contribution in [0.15, 0.2) is 0 Å². The van der Waals surface area contributed by atoms with Crippen molar-refractivity contribution in [3.63, 3.8) is 0 Å². The Morgan fingerprint density at radius 1 is 1.25 bits per heavy atom. The Morgan fingerprint density at radius 3 is 2.25 bits per heavy atom. The van der Waals surface area contributed by atoms with E-state index in [0.717, 1.165) is 0 Å². The lowest BCUT2D eigenvalue weighted by Crippen LogP contribution is -2.42. The Hall–Kier alpha value is -1.30. The van der Waals surface area contributed by atoms with Crippen LogP contribution in [0.3, 0.4) is 0 Å². The molecule has 0 rings (SSSR count). The summed E-state index contributed by atoms with van der Waals surface area (Å²) in [7, 11) is 3.37. The minimum Gasteiger partial charge on any atom is -0.443 e. The van der Waals surface area contributed by atoms with Crippen LogP contribution in [0, 0.1) is 0 Å². The molecule has 0 radical (unpaired) electrons. The van der Waals surface area contributed by atoms with E-state index in [1.54, 1.807) is 34.9 Å². The molecule has 2 N–H and O–H groups in total. The average Bonchev–Trinajstić information content (AvgIpc) is 2.08. The highest BCUT2D eigenvalue weighted by Gasteiger charge is 2.15. The number of hydrazine groups is 1. The molecule has 94 valence electrons. The summed E-state index contributed by atoms with van der Waals surface area (Å²) in [6.45, 7) is 5.71. The second-order valence-corrected chi connectivity index (χ2v) is 4.59. The van der Waals surface area contributed by atoms with Crippen molar-refractivity contribution in [3.05, 3.63) is 0 Å². The van der Waals surface area contributed by atoms with Gasteiger partial charge in [0, 0.05) is 27.1 Å². The van der Waals surface area contributed by atoms with Crippen molar-refractivity contribution in [3.8, 4) is 0 Å². The molecular formula is C10H21N3O3. The van der Waals surface area contributed by atoms with Gasteiger partial charge in [-0.3, -0.25) is 10.2 Å². The van der Waals surface area contributed by atoms with Crippen molar-refractivity contribution in [2.24, 2.45) is 0 Å². The Bertz CT molecular complexity index is 246. The van der Waals surface area contributed by atoms with Crippen LogP contribution in [0.2, 0.25) is 0 Å². The number of nitrogens with one attached hydrogen (secondary N) is 2. The molecule has 0 aliphatic heterocycles. The molecule has 0 saturated carbocycles. The number of rotatable bonds is 4. The number of ether oxygens (including phenoxy) is 1. The van der Waals surface area contributed by atoms with Gasteiger partial charge < -0.3 is 9.64 Å². The first-order valence-corrected chi connectivity index (χ1v) is 5.14. The molecular weight excluding hydrogens is 210 g/mol. The van der Waals surface area contributed by atoms with Gasteiger partial charge in [-0.25, -0.2) is 10.2 Å². The maximum absolute atomic E-state index is 11.2. The molecule has 0 aliphatic rings. The standard InChI is InChI=1S/C10H21N3O3/c1-10(2,3)16-9(15)12-11-7-6-8(14)13(4)5/h11H,6-7H2,1-5H3,(H,12,15). The van der Waals surface area contributed by atoms with Crippen molar-refractivity contribution in [2.75, 3.05) is 20.6 Å². The molecule has 0 aromatic heterocycles. The highest BCUT2D eigenvalue weighted by atomic mass is 16.6. The number of carbonyl (C=O) groups excluding carboxylic acids is 2.